The number of halogens is 1. The molecule has 0 amide bonds. The number of ketones is 1. The molecule has 2 aromatic rings. The van der Waals surface area contributed by atoms with Crippen LogP contribution in [0.4, 0.5) is 5.69 Å². The van der Waals surface area contributed by atoms with E-state index >= 15 is 0 Å². The Morgan fingerprint density at radius 2 is 1.58 bits per heavy atom. The SMILES string of the molecule is O=C(CNc1ccc(Br)cc1)c1ccc(S(=O)(=O)N2CCCCC2)cc1. The summed E-state index contributed by atoms with van der Waals surface area (Å²) in [5, 5.41) is 3.07. The number of nitrogens with zero attached hydrogens (tertiary/aromatic N) is 1. The maximum Gasteiger partial charge on any atom is 0.243 e. The topological polar surface area (TPSA) is 66.5 Å². The van der Waals surface area contributed by atoms with Crippen molar-refractivity contribution in [3.05, 3.63) is 58.6 Å². The fourth-order valence-electron chi connectivity index (χ4n) is 2.92. The second-order valence-corrected chi connectivity index (χ2v) is 9.13. The Bertz CT molecular complexity index is 859. The van der Waals surface area contributed by atoms with E-state index in [0.717, 1.165) is 29.4 Å². The van der Waals surface area contributed by atoms with Crippen molar-refractivity contribution in [3.8, 4) is 0 Å². The number of hydrogen-bond acceptors (Lipinski definition) is 4. The molecule has 1 heterocycles. The molecule has 2 aromatic carbocycles. The lowest BCUT2D eigenvalue weighted by molar-refractivity contribution is 0.101. The highest BCUT2D eigenvalue weighted by atomic mass is 79.9. The highest BCUT2D eigenvalue weighted by molar-refractivity contribution is 9.10. The van der Waals surface area contributed by atoms with E-state index in [4.69, 9.17) is 0 Å². The minimum atomic E-state index is -3.46. The summed E-state index contributed by atoms with van der Waals surface area (Å²) in [4.78, 5) is 12.6. The third-order valence-corrected chi connectivity index (χ3v) is 6.87. The predicted octanol–water partition coefficient (Wildman–Crippen LogP) is 3.92. The average Bonchev–Trinajstić information content (AvgIpc) is 2.68. The van der Waals surface area contributed by atoms with Crippen LogP contribution in [0.5, 0.6) is 0 Å². The fourth-order valence-corrected chi connectivity index (χ4v) is 4.70. The first-order valence-corrected chi connectivity index (χ1v) is 10.8. The molecule has 0 aliphatic carbocycles. The maximum absolute atomic E-state index is 12.6. The number of carbonyl (C=O) groups is 1. The van der Waals surface area contributed by atoms with Gasteiger partial charge in [-0.2, -0.15) is 4.31 Å². The quantitative estimate of drug-likeness (QED) is 0.696. The third-order valence-electron chi connectivity index (χ3n) is 4.43. The maximum atomic E-state index is 12.6. The highest BCUT2D eigenvalue weighted by Gasteiger charge is 2.25. The second kappa shape index (κ2) is 8.33. The van der Waals surface area contributed by atoms with Gasteiger partial charge in [0.1, 0.15) is 0 Å². The van der Waals surface area contributed by atoms with Crippen LogP contribution in [0.1, 0.15) is 29.6 Å². The molecule has 0 atom stereocenters. The largest absolute Gasteiger partial charge is 0.378 e. The summed E-state index contributed by atoms with van der Waals surface area (Å²) < 4.78 is 27.8. The van der Waals surface area contributed by atoms with Gasteiger partial charge in [-0.15, -0.1) is 0 Å². The molecular weight excluding hydrogens is 416 g/mol. The van der Waals surface area contributed by atoms with Gasteiger partial charge in [0.05, 0.1) is 11.4 Å². The van der Waals surface area contributed by atoms with Crippen LogP contribution < -0.4 is 5.32 Å². The minimum Gasteiger partial charge on any atom is -0.378 e. The van der Waals surface area contributed by atoms with Gasteiger partial charge in [0.25, 0.3) is 0 Å². The van der Waals surface area contributed by atoms with Crippen molar-refractivity contribution < 1.29 is 13.2 Å². The van der Waals surface area contributed by atoms with E-state index in [1.54, 1.807) is 12.1 Å². The fraction of sp³-hybridized carbons (Fsp3) is 0.316. The number of Topliss-reactive ketones (excluding diaryl/α,β-unsaturated/α-hetero) is 1. The number of anilines is 1. The molecule has 0 saturated carbocycles. The lowest BCUT2D eigenvalue weighted by atomic mass is 10.1. The van der Waals surface area contributed by atoms with Crippen molar-refractivity contribution >= 4 is 37.4 Å². The Morgan fingerprint density at radius 3 is 2.19 bits per heavy atom. The van der Waals surface area contributed by atoms with Crippen molar-refractivity contribution in [1.29, 1.82) is 0 Å². The molecule has 1 aliphatic heterocycles. The number of rotatable bonds is 6. The van der Waals surface area contributed by atoms with Gasteiger partial charge in [-0.25, -0.2) is 8.42 Å². The number of piperidine rings is 1. The summed E-state index contributed by atoms with van der Waals surface area (Å²) in [5.41, 5.74) is 1.35. The summed E-state index contributed by atoms with van der Waals surface area (Å²) in [6.07, 6.45) is 2.87. The van der Waals surface area contributed by atoms with E-state index in [1.807, 2.05) is 24.3 Å². The van der Waals surface area contributed by atoms with Crippen LogP contribution in [0.3, 0.4) is 0 Å². The first kappa shape index (κ1) is 19.1. The van der Waals surface area contributed by atoms with Crippen LogP contribution in [0.15, 0.2) is 57.9 Å². The van der Waals surface area contributed by atoms with Crippen molar-refractivity contribution in [2.45, 2.75) is 24.2 Å². The lowest BCUT2D eigenvalue weighted by Crippen LogP contribution is -2.35. The van der Waals surface area contributed by atoms with Crippen molar-refractivity contribution in [1.82, 2.24) is 4.31 Å². The van der Waals surface area contributed by atoms with Gasteiger partial charge >= 0.3 is 0 Å². The molecule has 7 heteroatoms. The van der Waals surface area contributed by atoms with Crippen molar-refractivity contribution in [2.24, 2.45) is 0 Å². The monoisotopic (exact) mass is 436 g/mol. The molecule has 5 nitrogen and oxygen atoms in total. The van der Waals surface area contributed by atoms with Crippen LogP contribution >= 0.6 is 15.9 Å². The van der Waals surface area contributed by atoms with Gasteiger partial charge in [0, 0.05) is 28.8 Å². The van der Waals surface area contributed by atoms with Gasteiger partial charge < -0.3 is 5.32 Å². The average molecular weight is 437 g/mol. The van der Waals surface area contributed by atoms with Crippen molar-refractivity contribution in [2.75, 3.05) is 25.0 Å². The molecule has 1 N–H and O–H groups in total. The van der Waals surface area contributed by atoms with E-state index in [2.05, 4.69) is 21.2 Å². The molecule has 1 fully saturated rings. The number of sulfonamides is 1. The molecule has 3 rings (SSSR count). The van der Waals surface area contributed by atoms with E-state index in [0.29, 0.717) is 18.7 Å². The molecule has 0 aromatic heterocycles. The number of hydrogen-bond donors (Lipinski definition) is 1. The molecule has 1 aliphatic rings. The number of carbonyl (C=O) groups excluding carboxylic acids is 1. The summed E-state index contributed by atoms with van der Waals surface area (Å²) in [7, 11) is -3.46. The van der Waals surface area contributed by atoms with Gasteiger partial charge in [-0.05, 0) is 61.4 Å². The van der Waals surface area contributed by atoms with Gasteiger partial charge in [0.2, 0.25) is 10.0 Å². The first-order chi connectivity index (χ1) is 12.5. The molecule has 1 saturated heterocycles. The van der Waals surface area contributed by atoms with E-state index in [9.17, 15) is 13.2 Å². The van der Waals surface area contributed by atoms with Gasteiger partial charge in [-0.1, -0.05) is 22.4 Å². The van der Waals surface area contributed by atoms with Crippen LogP contribution in [0.25, 0.3) is 0 Å². The van der Waals surface area contributed by atoms with E-state index in [-0.39, 0.29) is 17.2 Å². The van der Waals surface area contributed by atoms with Crippen LogP contribution in [0, 0.1) is 0 Å². The van der Waals surface area contributed by atoms with Crippen LogP contribution in [-0.2, 0) is 10.0 Å². The second-order valence-electron chi connectivity index (χ2n) is 6.27. The summed E-state index contributed by atoms with van der Waals surface area (Å²) in [6, 6.07) is 13.8. The predicted molar refractivity (Wildman–Crippen MR) is 106 cm³/mol. The van der Waals surface area contributed by atoms with Crippen LogP contribution in [-0.4, -0.2) is 38.1 Å². The zero-order chi connectivity index (χ0) is 18.6. The molecule has 138 valence electrons. The highest BCUT2D eigenvalue weighted by Crippen LogP contribution is 2.21. The lowest BCUT2D eigenvalue weighted by Gasteiger charge is -2.25. The molecule has 0 unspecified atom stereocenters. The number of benzene rings is 2. The normalized spacial score (nSPS) is 15.6. The Labute approximate surface area is 162 Å². The minimum absolute atomic E-state index is 0.0881. The molecule has 0 radical (unpaired) electrons. The first-order valence-electron chi connectivity index (χ1n) is 8.60. The number of nitrogens with one attached hydrogen (secondary N) is 1. The molecular formula is C19H21BrN2O3S. The van der Waals surface area contributed by atoms with E-state index in [1.165, 1.54) is 16.4 Å². The summed E-state index contributed by atoms with van der Waals surface area (Å²) in [6.45, 7) is 1.29. The third kappa shape index (κ3) is 4.52. The Morgan fingerprint density at radius 1 is 0.962 bits per heavy atom. The van der Waals surface area contributed by atoms with Crippen LogP contribution in [0.2, 0.25) is 0 Å². The van der Waals surface area contributed by atoms with Gasteiger partial charge in [0.15, 0.2) is 5.78 Å². The Balaban J connectivity index is 1.64. The zero-order valence-corrected chi connectivity index (χ0v) is 16.7. The summed E-state index contributed by atoms with van der Waals surface area (Å²) in [5.74, 6) is -0.0881. The van der Waals surface area contributed by atoms with Crippen molar-refractivity contribution in [3.63, 3.8) is 0 Å². The zero-order valence-electron chi connectivity index (χ0n) is 14.3. The Kier molecular flexibility index (Phi) is 6.11. The Hall–Kier alpha value is -1.70. The van der Waals surface area contributed by atoms with Gasteiger partial charge in [-0.3, -0.25) is 4.79 Å². The molecule has 0 spiro atoms. The van der Waals surface area contributed by atoms with E-state index < -0.39 is 10.0 Å². The standard InChI is InChI=1S/C19H21BrN2O3S/c20-16-6-8-17(9-7-16)21-14-19(23)15-4-10-18(11-5-15)26(24,25)22-12-2-1-3-13-22/h4-11,21H,1-3,12-14H2. The molecule has 0 bridgehead atoms. The molecule has 26 heavy (non-hydrogen) atoms. The smallest absolute Gasteiger partial charge is 0.243 e. The summed E-state index contributed by atoms with van der Waals surface area (Å²) >= 11 is 3.37.